The highest BCUT2D eigenvalue weighted by Crippen LogP contribution is 2.19. The van der Waals surface area contributed by atoms with E-state index in [0.717, 1.165) is 25.8 Å². The van der Waals surface area contributed by atoms with Crippen LogP contribution >= 0.6 is 0 Å². The van der Waals surface area contributed by atoms with Crippen molar-refractivity contribution < 1.29 is 9.84 Å². The van der Waals surface area contributed by atoms with E-state index < -0.39 is 5.60 Å². The number of aryl methyl sites for hydroxylation is 1. The molecule has 100 valence electrons. The molecular formula is C15H23NO2. The Hall–Kier alpha value is -0.900. The normalized spacial score (nSPS) is 18.8. The molecule has 0 atom stereocenters. The zero-order valence-corrected chi connectivity index (χ0v) is 11.1. The van der Waals surface area contributed by atoms with Crippen LogP contribution in [0.3, 0.4) is 0 Å². The Bertz CT molecular complexity index is 355. The second kappa shape index (κ2) is 6.32. The minimum absolute atomic E-state index is 0.582. The Kier molecular flexibility index (Phi) is 4.75. The third-order valence-corrected chi connectivity index (χ3v) is 3.64. The first-order chi connectivity index (χ1) is 8.72. The Morgan fingerprint density at radius 3 is 2.39 bits per heavy atom. The summed E-state index contributed by atoms with van der Waals surface area (Å²) in [5.41, 5.74) is 2.05. The molecule has 1 aliphatic heterocycles. The second-order valence-corrected chi connectivity index (χ2v) is 5.11. The fraction of sp³-hybridized carbons (Fsp3) is 0.600. The number of rotatable bonds is 5. The van der Waals surface area contributed by atoms with Gasteiger partial charge in [0.25, 0.3) is 0 Å². The van der Waals surface area contributed by atoms with Crippen molar-refractivity contribution in [3.05, 3.63) is 35.4 Å². The van der Waals surface area contributed by atoms with Gasteiger partial charge in [0.05, 0.1) is 5.60 Å². The molecule has 0 bridgehead atoms. The molecule has 0 spiro atoms. The molecule has 1 aromatic rings. The SMILES string of the molecule is CCc1ccc(CNCC2(O)CCOCC2)cc1. The standard InChI is InChI=1S/C15H23NO2/c1-2-13-3-5-14(6-4-13)11-16-12-15(17)7-9-18-10-8-15/h3-6,16-17H,2,7-12H2,1H3. The van der Waals surface area contributed by atoms with Gasteiger partial charge in [0.2, 0.25) is 0 Å². The van der Waals surface area contributed by atoms with E-state index in [0.29, 0.717) is 19.8 Å². The lowest BCUT2D eigenvalue weighted by Crippen LogP contribution is -2.44. The third kappa shape index (κ3) is 3.80. The molecule has 3 nitrogen and oxygen atoms in total. The first-order valence-electron chi connectivity index (χ1n) is 6.80. The van der Waals surface area contributed by atoms with Gasteiger partial charge in [0.1, 0.15) is 0 Å². The zero-order valence-electron chi connectivity index (χ0n) is 11.1. The van der Waals surface area contributed by atoms with Crippen LogP contribution in [-0.2, 0) is 17.7 Å². The number of nitrogens with one attached hydrogen (secondary N) is 1. The maximum atomic E-state index is 10.3. The van der Waals surface area contributed by atoms with Crippen molar-refractivity contribution in [1.82, 2.24) is 5.32 Å². The van der Waals surface area contributed by atoms with E-state index >= 15 is 0 Å². The lowest BCUT2D eigenvalue weighted by molar-refractivity contribution is -0.0617. The zero-order chi connectivity index (χ0) is 12.8. The van der Waals surface area contributed by atoms with Crippen LogP contribution < -0.4 is 5.32 Å². The van der Waals surface area contributed by atoms with Crippen LogP contribution in [0, 0.1) is 0 Å². The molecule has 0 aliphatic carbocycles. The average molecular weight is 249 g/mol. The number of hydrogen-bond acceptors (Lipinski definition) is 3. The molecule has 18 heavy (non-hydrogen) atoms. The largest absolute Gasteiger partial charge is 0.388 e. The number of ether oxygens (including phenoxy) is 1. The predicted molar refractivity (Wildman–Crippen MR) is 72.5 cm³/mol. The van der Waals surface area contributed by atoms with Gasteiger partial charge in [-0.25, -0.2) is 0 Å². The highest BCUT2D eigenvalue weighted by atomic mass is 16.5. The molecule has 0 unspecified atom stereocenters. The molecular weight excluding hydrogens is 226 g/mol. The van der Waals surface area contributed by atoms with Crippen LogP contribution in [0.25, 0.3) is 0 Å². The maximum absolute atomic E-state index is 10.3. The number of benzene rings is 1. The van der Waals surface area contributed by atoms with E-state index in [2.05, 4.69) is 36.5 Å². The van der Waals surface area contributed by atoms with E-state index in [9.17, 15) is 5.11 Å². The fourth-order valence-corrected chi connectivity index (χ4v) is 2.26. The van der Waals surface area contributed by atoms with Crippen LogP contribution in [0.5, 0.6) is 0 Å². The highest BCUT2D eigenvalue weighted by molar-refractivity contribution is 5.22. The summed E-state index contributed by atoms with van der Waals surface area (Å²) in [5.74, 6) is 0. The Labute approximate surface area is 109 Å². The molecule has 0 amide bonds. The summed E-state index contributed by atoms with van der Waals surface area (Å²) in [4.78, 5) is 0. The van der Waals surface area contributed by atoms with Crippen LogP contribution in [-0.4, -0.2) is 30.5 Å². The molecule has 1 fully saturated rings. The van der Waals surface area contributed by atoms with Crippen molar-refractivity contribution in [3.8, 4) is 0 Å². The first-order valence-corrected chi connectivity index (χ1v) is 6.80. The molecule has 2 rings (SSSR count). The molecule has 0 aromatic heterocycles. The van der Waals surface area contributed by atoms with E-state index in [1.54, 1.807) is 0 Å². The van der Waals surface area contributed by atoms with Crippen molar-refractivity contribution in [3.63, 3.8) is 0 Å². The summed E-state index contributed by atoms with van der Waals surface area (Å²) in [6.07, 6.45) is 2.54. The summed E-state index contributed by atoms with van der Waals surface area (Å²) in [5, 5.41) is 13.6. The van der Waals surface area contributed by atoms with Gasteiger partial charge in [-0.15, -0.1) is 0 Å². The topological polar surface area (TPSA) is 41.5 Å². The summed E-state index contributed by atoms with van der Waals surface area (Å²) >= 11 is 0. The number of aliphatic hydroxyl groups is 1. The maximum Gasteiger partial charge on any atom is 0.0815 e. The molecule has 3 heteroatoms. The monoisotopic (exact) mass is 249 g/mol. The molecule has 0 radical (unpaired) electrons. The minimum Gasteiger partial charge on any atom is -0.388 e. The molecule has 2 N–H and O–H groups in total. The lowest BCUT2D eigenvalue weighted by Gasteiger charge is -2.32. The second-order valence-electron chi connectivity index (χ2n) is 5.11. The van der Waals surface area contributed by atoms with Crippen LogP contribution in [0.15, 0.2) is 24.3 Å². The van der Waals surface area contributed by atoms with Gasteiger partial charge < -0.3 is 15.2 Å². The molecule has 1 aromatic carbocycles. The summed E-state index contributed by atoms with van der Waals surface area (Å²) < 4.78 is 5.27. The quantitative estimate of drug-likeness (QED) is 0.837. The van der Waals surface area contributed by atoms with Crippen molar-refractivity contribution in [2.45, 2.75) is 38.3 Å². The van der Waals surface area contributed by atoms with Crippen LogP contribution in [0.2, 0.25) is 0 Å². The van der Waals surface area contributed by atoms with Crippen molar-refractivity contribution in [2.24, 2.45) is 0 Å². The fourth-order valence-electron chi connectivity index (χ4n) is 2.26. The van der Waals surface area contributed by atoms with Crippen LogP contribution in [0.4, 0.5) is 0 Å². The van der Waals surface area contributed by atoms with Gasteiger partial charge in [-0.3, -0.25) is 0 Å². The molecule has 0 saturated carbocycles. The van der Waals surface area contributed by atoms with Gasteiger partial charge >= 0.3 is 0 Å². The Balaban J connectivity index is 1.77. The smallest absolute Gasteiger partial charge is 0.0815 e. The van der Waals surface area contributed by atoms with E-state index in [1.165, 1.54) is 11.1 Å². The van der Waals surface area contributed by atoms with Gasteiger partial charge in [-0.1, -0.05) is 31.2 Å². The minimum atomic E-state index is -0.582. The van der Waals surface area contributed by atoms with E-state index in [1.807, 2.05) is 0 Å². The average Bonchev–Trinajstić information content (AvgIpc) is 2.40. The Morgan fingerprint density at radius 1 is 1.17 bits per heavy atom. The summed E-state index contributed by atoms with van der Waals surface area (Å²) in [7, 11) is 0. The lowest BCUT2D eigenvalue weighted by atomic mass is 9.94. The highest BCUT2D eigenvalue weighted by Gasteiger charge is 2.28. The molecule has 1 aliphatic rings. The van der Waals surface area contributed by atoms with Gasteiger partial charge in [-0.2, -0.15) is 0 Å². The van der Waals surface area contributed by atoms with Gasteiger partial charge in [0.15, 0.2) is 0 Å². The summed E-state index contributed by atoms with van der Waals surface area (Å²) in [6, 6.07) is 8.64. The predicted octanol–water partition coefficient (Wildman–Crippen LogP) is 1.88. The van der Waals surface area contributed by atoms with E-state index in [-0.39, 0.29) is 0 Å². The first kappa shape index (κ1) is 13.5. The Morgan fingerprint density at radius 2 is 1.78 bits per heavy atom. The molecule has 1 heterocycles. The number of hydrogen-bond donors (Lipinski definition) is 2. The molecule has 1 saturated heterocycles. The van der Waals surface area contributed by atoms with Crippen molar-refractivity contribution in [2.75, 3.05) is 19.8 Å². The third-order valence-electron chi connectivity index (χ3n) is 3.64. The van der Waals surface area contributed by atoms with Gasteiger partial charge in [0, 0.05) is 39.1 Å². The van der Waals surface area contributed by atoms with Crippen molar-refractivity contribution in [1.29, 1.82) is 0 Å². The van der Waals surface area contributed by atoms with E-state index in [4.69, 9.17) is 4.74 Å². The van der Waals surface area contributed by atoms with Crippen molar-refractivity contribution >= 4 is 0 Å². The van der Waals surface area contributed by atoms with Gasteiger partial charge in [-0.05, 0) is 17.5 Å². The summed E-state index contributed by atoms with van der Waals surface area (Å²) in [6.45, 7) is 4.96. The van der Waals surface area contributed by atoms with Crippen LogP contribution in [0.1, 0.15) is 30.9 Å².